The van der Waals surface area contributed by atoms with Gasteiger partial charge in [0, 0.05) is 11.6 Å². The summed E-state index contributed by atoms with van der Waals surface area (Å²) < 4.78 is 13.6. The third-order valence-electron chi connectivity index (χ3n) is 4.66. The monoisotopic (exact) mass is 474 g/mol. The standard InChI is InChI=1S/C23H27ClN4O3S/c1-5-28-22(16(4)31-17-11-12-18(24)15(3)13-17)26-27-23(28)32-14-21(29)25-19-9-7-8-10-20(19)30-6-2/h7-13,16H,5-6,14H2,1-4H3,(H,25,29). The minimum Gasteiger partial charge on any atom is -0.492 e. The van der Waals surface area contributed by atoms with Crippen molar-refractivity contribution >= 4 is 35.0 Å². The van der Waals surface area contributed by atoms with E-state index in [4.69, 9.17) is 21.1 Å². The smallest absolute Gasteiger partial charge is 0.234 e. The fraction of sp³-hybridized carbons (Fsp3) is 0.348. The van der Waals surface area contributed by atoms with Crippen molar-refractivity contribution in [3.63, 3.8) is 0 Å². The van der Waals surface area contributed by atoms with E-state index >= 15 is 0 Å². The predicted molar refractivity (Wildman–Crippen MR) is 128 cm³/mol. The molecule has 0 fully saturated rings. The van der Waals surface area contributed by atoms with Crippen LogP contribution in [0.1, 0.15) is 38.3 Å². The van der Waals surface area contributed by atoms with Crippen LogP contribution in [0.2, 0.25) is 5.02 Å². The Morgan fingerprint density at radius 2 is 2.00 bits per heavy atom. The minimum atomic E-state index is -0.315. The van der Waals surface area contributed by atoms with Gasteiger partial charge < -0.3 is 19.4 Å². The molecule has 0 radical (unpaired) electrons. The summed E-state index contributed by atoms with van der Waals surface area (Å²) in [5.41, 5.74) is 1.60. The van der Waals surface area contributed by atoms with E-state index in [1.54, 1.807) is 0 Å². The summed E-state index contributed by atoms with van der Waals surface area (Å²) in [5.74, 6) is 2.12. The molecular formula is C23H27ClN4O3S. The molecule has 7 nitrogen and oxygen atoms in total. The molecule has 0 aliphatic rings. The number of benzene rings is 2. The molecular weight excluding hydrogens is 448 g/mol. The van der Waals surface area contributed by atoms with Crippen molar-refractivity contribution in [2.75, 3.05) is 17.7 Å². The van der Waals surface area contributed by atoms with Gasteiger partial charge in [0.1, 0.15) is 11.5 Å². The number of hydrogen-bond donors (Lipinski definition) is 1. The molecule has 9 heteroatoms. The minimum absolute atomic E-state index is 0.143. The second-order valence-corrected chi connectivity index (χ2v) is 8.37. The molecule has 2 aromatic carbocycles. The third-order valence-corrected chi connectivity index (χ3v) is 6.05. The molecule has 0 saturated heterocycles. The molecule has 1 aromatic heterocycles. The van der Waals surface area contributed by atoms with E-state index in [9.17, 15) is 4.79 Å². The lowest BCUT2D eigenvalue weighted by Crippen LogP contribution is -2.16. The Morgan fingerprint density at radius 1 is 1.22 bits per heavy atom. The van der Waals surface area contributed by atoms with Crippen LogP contribution < -0.4 is 14.8 Å². The summed E-state index contributed by atoms with van der Waals surface area (Å²) in [6.07, 6.45) is -0.315. The van der Waals surface area contributed by atoms with Crippen molar-refractivity contribution < 1.29 is 14.3 Å². The highest BCUT2D eigenvalue weighted by molar-refractivity contribution is 7.99. The van der Waals surface area contributed by atoms with Crippen LogP contribution in [0.25, 0.3) is 0 Å². The summed E-state index contributed by atoms with van der Waals surface area (Å²) >= 11 is 7.43. The number of halogens is 1. The zero-order valence-corrected chi connectivity index (χ0v) is 20.2. The quantitative estimate of drug-likeness (QED) is 0.389. The molecule has 32 heavy (non-hydrogen) atoms. The number of aryl methyl sites for hydroxylation is 1. The van der Waals surface area contributed by atoms with Crippen LogP contribution in [0.4, 0.5) is 5.69 Å². The molecule has 1 heterocycles. The van der Waals surface area contributed by atoms with Crippen molar-refractivity contribution in [1.29, 1.82) is 0 Å². The Morgan fingerprint density at radius 3 is 2.72 bits per heavy atom. The Bertz CT molecular complexity index is 1070. The molecule has 1 N–H and O–H groups in total. The number of carbonyl (C=O) groups is 1. The normalized spacial score (nSPS) is 11.8. The highest BCUT2D eigenvalue weighted by atomic mass is 35.5. The topological polar surface area (TPSA) is 78.3 Å². The molecule has 1 amide bonds. The Hall–Kier alpha value is -2.71. The third kappa shape index (κ3) is 5.95. The van der Waals surface area contributed by atoms with Gasteiger partial charge in [0.2, 0.25) is 5.91 Å². The fourth-order valence-electron chi connectivity index (χ4n) is 3.12. The van der Waals surface area contributed by atoms with Gasteiger partial charge in [-0.15, -0.1) is 10.2 Å². The first-order valence-electron chi connectivity index (χ1n) is 10.4. The number of nitrogens with zero attached hydrogens (tertiary/aromatic N) is 3. The summed E-state index contributed by atoms with van der Waals surface area (Å²) in [5, 5.41) is 12.8. The maximum absolute atomic E-state index is 12.5. The number of ether oxygens (including phenoxy) is 2. The van der Waals surface area contributed by atoms with Crippen LogP contribution in [0, 0.1) is 6.92 Å². The van der Waals surface area contributed by atoms with Crippen molar-refractivity contribution in [3.05, 3.63) is 58.9 Å². The molecule has 170 valence electrons. The van der Waals surface area contributed by atoms with Crippen LogP contribution in [0.5, 0.6) is 11.5 Å². The van der Waals surface area contributed by atoms with Gasteiger partial charge >= 0.3 is 0 Å². The highest BCUT2D eigenvalue weighted by Crippen LogP contribution is 2.28. The average Bonchev–Trinajstić information content (AvgIpc) is 3.19. The van der Waals surface area contributed by atoms with E-state index in [-0.39, 0.29) is 17.8 Å². The van der Waals surface area contributed by atoms with E-state index in [2.05, 4.69) is 15.5 Å². The average molecular weight is 475 g/mol. The van der Waals surface area contributed by atoms with E-state index in [0.717, 1.165) is 5.56 Å². The van der Waals surface area contributed by atoms with Crippen LogP contribution in [0.15, 0.2) is 47.6 Å². The number of para-hydroxylation sites is 2. The fourth-order valence-corrected chi connectivity index (χ4v) is 4.05. The molecule has 3 rings (SSSR count). The van der Waals surface area contributed by atoms with Gasteiger partial charge in [-0.2, -0.15) is 0 Å². The second-order valence-electron chi connectivity index (χ2n) is 7.02. The van der Waals surface area contributed by atoms with Crippen molar-refractivity contribution in [2.45, 2.75) is 45.5 Å². The zero-order valence-electron chi connectivity index (χ0n) is 18.6. The number of rotatable bonds is 10. The first kappa shape index (κ1) is 23.9. The molecule has 1 unspecified atom stereocenters. The lowest BCUT2D eigenvalue weighted by molar-refractivity contribution is -0.113. The number of thioether (sulfide) groups is 1. The number of aromatic nitrogens is 3. The zero-order chi connectivity index (χ0) is 23.1. The Labute approximate surface area is 197 Å². The van der Waals surface area contributed by atoms with Gasteiger partial charge in [0.05, 0.1) is 18.0 Å². The van der Waals surface area contributed by atoms with Crippen molar-refractivity contribution in [1.82, 2.24) is 14.8 Å². The van der Waals surface area contributed by atoms with E-state index in [0.29, 0.717) is 46.3 Å². The van der Waals surface area contributed by atoms with Crippen molar-refractivity contribution in [3.8, 4) is 11.5 Å². The lowest BCUT2D eigenvalue weighted by Gasteiger charge is -2.16. The molecule has 0 saturated carbocycles. The van der Waals surface area contributed by atoms with Crippen LogP contribution in [-0.4, -0.2) is 33.0 Å². The first-order chi connectivity index (χ1) is 15.4. The molecule has 0 bridgehead atoms. The van der Waals surface area contributed by atoms with Crippen LogP contribution in [-0.2, 0) is 11.3 Å². The summed E-state index contributed by atoms with van der Waals surface area (Å²) in [6, 6.07) is 12.9. The van der Waals surface area contributed by atoms with E-state index in [1.807, 2.05) is 74.7 Å². The van der Waals surface area contributed by atoms with E-state index < -0.39 is 0 Å². The first-order valence-corrected chi connectivity index (χ1v) is 11.8. The number of amides is 1. The van der Waals surface area contributed by atoms with Crippen LogP contribution >= 0.6 is 23.4 Å². The van der Waals surface area contributed by atoms with Gasteiger partial charge in [-0.3, -0.25) is 4.79 Å². The van der Waals surface area contributed by atoms with Gasteiger partial charge in [-0.05, 0) is 63.6 Å². The Balaban J connectivity index is 1.64. The number of anilines is 1. The molecule has 1 atom stereocenters. The van der Waals surface area contributed by atoms with Gasteiger partial charge in [-0.25, -0.2) is 0 Å². The maximum Gasteiger partial charge on any atom is 0.234 e. The SMILES string of the molecule is CCOc1ccccc1NC(=O)CSc1nnc(C(C)Oc2ccc(Cl)c(C)c2)n1CC. The summed E-state index contributed by atoms with van der Waals surface area (Å²) in [7, 11) is 0. The summed E-state index contributed by atoms with van der Waals surface area (Å²) in [6.45, 7) is 8.95. The maximum atomic E-state index is 12.5. The van der Waals surface area contributed by atoms with Gasteiger partial charge in [0.25, 0.3) is 0 Å². The van der Waals surface area contributed by atoms with Gasteiger partial charge in [-0.1, -0.05) is 35.5 Å². The number of carbonyl (C=O) groups excluding carboxylic acids is 1. The molecule has 0 aliphatic heterocycles. The molecule has 0 spiro atoms. The van der Waals surface area contributed by atoms with Crippen molar-refractivity contribution in [2.24, 2.45) is 0 Å². The number of nitrogens with one attached hydrogen (secondary N) is 1. The molecule has 0 aliphatic carbocycles. The number of hydrogen-bond acceptors (Lipinski definition) is 6. The molecule has 3 aromatic rings. The predicted octanol–water partition coefficient (Wildman–Crippen LogP) is 5.53. The second kappa shape index (κ2) is 11.2. The summed E-state index contributed by atoms with van der Waals surface area (Å²) in [4.78, 5) is 12.5. The highest BCUT2D eigenvalue weighted by Gasteiger charge is 2.20. The van der Waals surface area contributed by atoms with Crippen LogP contribution in [0.3, 0.4) is 0 Å². The largest absolute Gasteiger partial charge is 0.492 e. The lowest BCUT2D eigenvalue weighted by atomic mass is 10.2. The van der Waals surface area contributed by atoms with Gasteiger partial charge in [0.15, 0.2) is 17.1 Å². The van der Waals surface area contributed by atoms with E-state index in [1.165, 1.54) is 11.8 Å². The Kier molecular flexibility index (Phi) is 8.41.